The fraction of sp³-hybridized carbons (Fsp3) is 0.444. The molecule has 0 saturated heterocycles. The molecule has 0 spiro atoms. The van der Waals surface area contributed by atoms with Crippen molar-refractivity contribution in [2.24, 2.45) is 0 Å². The Balaban J connectivity index is 2.84. The summed E-state index contributed by atoms with van der Waals surface area (Å²) in [6.45, 7) is 2.10. The predicted octanol–water partition coefficient (Wildman–Crippen LogP) is 3.55. The van der Waals surface area contributed by atoms with Gasteiger partial charge in [-0.3, -0.25) is 0 Å². The second-order valence-corrected chi connectivity index (χ2v) is 5.25. The van der Waals surface area contributed by atoms with Crippen molar-refractivity contribution in [3.05, 3.63) is 20.3 Å². The van der Waals surface area contributed by atoms with Gasteiger partial charge in [0.1, 0.15) is 4.88 Å². The van der Waals surface area contributed by atoms with Crippen LogP contribution in [0.15, 0.2) is 9.85 Å². The molecule has 0 radical (unpaired) electrons. The molecule has 0 unspecified atom stereocenters. The number of thiophene rings is 1. The summed E-state index contributed by atoms with van der Waals surface area (Å²) in [6.07, 6.45) is 3.00. The van der Waals surface area contributed by atoms with Crippen LogP contribution in [0.4, 0.5) is 0 Å². The van der Waals surface area contributed by atoms with Crippen LogP contribution in [-0.2, 0) is 6.42 Å². The van der Waals surface area contributed by atoms with Crippen LogP contribution < -0.4 is 0 Å². The molecular weight excluding hydrogens is 252 g/mol. The van der Waals surface area contributed by atoms with Gasteiger partial charge in [-0.05, 0) is 40.4 Å². The molecule has 0 aromatic carbocycles. The molecule has 1 aromatic rings. The maximum absolute atomic E-state index is 10.8. The van der Waals surface area contributed by atoms with Crippen LogP contribution in [0.3, 0.4) is 0 Å². The summed E-state index contributed by atoms with van der Waals surface area (Å²) >= 11 is 4.59. The summed E-state index contributed by atoms with van der Waals surface area (Å²) in [5.74, 6) is -0.818. The van der Waals surface area contributed by atoms with Crippen molar-refractivity contribution in [3.8, 4) is 0 Å². The van der Waals surface area contributed by atoms with E-state index in [9.17, 15) is 4.79 Å². The zero-order valence-corrected chi connectivity index (χ0v) is 9.74. The molecule has 1 aromatic heterocycles. The van der Waals surface area contributed by atoms with Crippen LogP contribution in [0.1, 0.15) is 35.0 Å². The largest absolute Gasteiger partial charge is 0.477 e. The minimum Gasteiger partial charge on any atom is -0.477 e. The molecule has 1 rings (SSSR count). The van der Waals surface area contributed by atoms with E-state index in [-0.39, 0.29) is 0 Å². The lowest BCUT2D eigenvalue weighted by atomic mass is 10.1. The molecule has 0 aliphatic rings. The van der Waals surface area contributed by atoms with E-state index in [0.717, 1.165) is 28.6 Å². The Labute approximate surface area is 89.7 Å². The normalized spacial score (nSPS) is 10.3. The number of halogens is 1. The van der Waals surface area contributed by atoms with E-state index in [0.29, 0.717) is 4.88 Å². The predicted molar refractivity (Wildman–Crippen MR) is 57.6 cm³/mol. The lowest BCUT2D eigenvalue weighted by molar-refractivity contribution is 0.0701. The van der Waals surface area contributed by atoms with Crippen LogP contribution in [0.25, 0.3) is 0 Å². The third-order valence-electron chi connectivity index (χ3n) is 1.77. The smallest absolute Gasteiger partial charge is 0.346 e. The molecule has 0 bridgehead atoms. The van der Waals surface area contributed by atoms with Crippen LogP contribution in [0.5, 0.6) is 0 Å². The third kappa shape index (κ3) is 2.81. The Hall–Kier alpha value is -0.350. The maximum Gasteiger partial charge on any atom is 0.346 e. The quantitative estimate of drug-likeness (QED) is 0.901. The first-order valence-electron chi connectivity index (χ1n) is 4.16. The summed E-state index contributed by atoms with van der Waals surface area (Å²) in [4.78, 5) is 11.3. The maximum atomic E-state index is 10.8. The number of aryl methyl sites for hydroxylation is 1. The molecule has 4 heteroatoms. The van der Waals surface area contributed by atoms with Gasteiger partial charge in [0.25, 0.3) is 0 Å². The SMILES string of the molecule is CCCCc1cc(Br)sc1C(=O)O. The minimum atomic E-state index is -0.818. The number of unbranched alkanes of at least 4 members (excludes halogenated alkanes) is 1. The fourth-order valence-corrected chi connectivity index (χ4v) is 2.67. The Morgan fingerprint density at radius 1 is 1.69 bits per heavy atom. The van der Waals surface area contributed by atoms with Crippen molar-refractivity contribution in [2.75, 3.05) is 0 Å². The van der Waals surface area contributed by atoms with Gasteiger partial charge >= 0.3 is 5.97 Å². The second-order valence-electron chi connectivity index (χ2n) is 2.81. The van der Waals surface area contributed by atoms with Crippen molar-refractivity contribution >= 4 is 33.2 Å². The van der Waals surface area contributed by atoms with Crippen molar-refractivity contribution in [1.82, 2.24) is 0 Å². The fourth-order valence-electron chi connectivity index (χ4n) is 1.13. The molecule has 0 atom stereocenters. The lowest BCUT2D eigenvalue weighted by Crippen LogP contribution is -1.97. The topological polar surface area (TPSA) is 37.3 Å². The highest BCUT2D eigenvalue weighted by atomic mass is 79.9. The highest BCUT2D eigenvalue weighted by Crippen LogP contribution is 2.28. The van der Waals surface area contributed by atoms with Crippen LogP contribution in [0, 0.1) is 0 Å². The van der Waals surface area contributed by atoms with Crippen molar-refractivity contribution in [1.29, 1.82) is 0 Å². The Morgan fingerprint density at radius 3 is 2.92 bits per heavy atom. The van der Waals surface area contributed by atoms with E-state index in [2.05, 4.69) is 22.9 Å². The molecule has 2 nitrogen and oxygen atoms in total. The molecule has 0 aliphatic heterocycles. The number of carboxylic acid groups (broad SMARTS) is 1. The van der Waals surface area contributed by atoms with Crippen LogP contribution in [0.2, 0.25) is 0 Å². The molecule has 0 amide bonds. The average molecular weight is 263 g/mol. The Kier molecular flexibility index (Phi) is 3.93. The summed E-state index contributed by atoms with van der Waals surface area (Å²) in [7, 11) is 0. The van der Waals surface area contributed by atoms with Crippen molar-refractivity contribution < 1.29 is 9.90 Å². The molecule has 1 heterocycles. The lowest BCUT2D eigenvalue weighted by Gasteiger charge is -1.96. The van der Waals surface area contributed by atoms with Crippen LogP contribution >= 0.6 is 27.3 Å². The molecule has 0 aliphatic carbocycles. The van der Waals surface area contributed by atoms with E-state index in [1.54, 1.807) is 0 Å². The highest BCUT2D eigenvalue weighted by molar-refractivity contribution is 9.11. The van der Waals surface area contributed by atoms with Gasteiger partial charge in [-0.1, -0.05) is 13.3 Å². The number of carbonyl (C=O) groups is 1. The Morgan fingerprint density at radius 2 is 2.38 bits per heavy atom. The van der Waals surface area contributed by atoms with Gasteiger partial charge in [0.05, 0.1) is 3.79 Å². The van der Waals surface area contributed by atoms with Gasteiger partial charge in [0, 0.05) is 0 Å². The highest BCUT2D eigenvalue weighted by Gasteiger charge is 2.13. The Bertz CT molecular complexity index is 307. The monoisotopic (exact) mass is 262 g/mol. The molecule has 1 N–H and O–H groups in total. The van der Waals surface area contributed by atoms with Gasteiger partial charge in [0.15, 0.2) is 0 Å². The number of hydrogen-bond acceptors (Lipinski definition) is 2. The first-order valence-corrected chi connectivity index (χ1v) is 5.77. The zero-order valence-electron chi connectivity index (χ0n) is 7.34. The number of rotatable bonds is 4. The first-order chi connectivity index (χ1) is 6.15. The molecular formula is C9H11BrO2S. The minimum absolute atomic E-state index is 0.473. The van der Waals surface area contributed by atoms with Gasteiger partial charge in [-0.2, -0.15) is 0 Å². The van der Waals surface area contributed by atoms with Crippen LogP contribution in [-0.4, -0.2) is 11.1 Å². The van der Waals surface area contributed by atoms with Gasteiger partial charge in [-0.15, -0.1) is 11.3 Å². The average Bonchev–Trinajstić information content (AvgIpc) is 2.43. The van der Waals surface area contributed by atoms with E-state index in [1.165, 1.54) is 11.3 Å². The number of aromatic carboxylic acids is 1. The van der Waals surface area contributed by atoms with Crippen molar-refractivity contribution in [3.63, 3.8) is 0 Å². The standard InChI is InChI=1S/C9H11BrO2S/c1-2-3-4-6-5-7(10)13-8(6)9(11)12/h5H,2-4H2,1H3,(H,11,12). The summed E-state index contributed by atoms with van der Waals surface area (Å²) < 4.78 is 0.899. The van der Waals surface area contributed by atoms with Gasteiger partial charge in [-0.25, -0.2) is 4.79 Å². The van der Waals surface area contributed by atoms with E-state index < -0.39 is 5.97 Å². The third-order valence-corrected chi connectivity index (χ3v) is 3.44. The van der Waals surface area contributed by atoms with E-state index >= 15 is 0 Å². The summed E-state index contributed by atoms with van der Waals surface area (Å²) in [6, 6.07) is 1.91. The second kappa shape index (κ2) is 4.77. The first kappa shape index (κ1) is 10.7. The molecule has 72 valence electrons. The zero-order chi connectivity index (χ0) is 9.84. The van der Waals surface area contributed by atoms with Gasteiger partial charge in [0.2, 0.25) is 0 Å². The summed E-state index contributed by atoms with van der Waals surface area (Å²) in [5.41, 5.74) is 0.950. The van der Waals surface area contributed by atoms with Gasteiger partial charge < -0.3 is 5.11 Å². The molecule has 13 heavy (non-hydrogen) atoms. The number of carboxylic acids is 1. The molecule has 0 saturated carbocycles. The molecule has 0 fully saturated rings. The van der Waals surface area contributed by atoms with E-state index in [4.69, 9.17) is 5.11 Å². The van der Waals surface area contributed by atoms with E-state index in [1.807, 2.05) is 6.07 Å². The number of hydrogen-bond donors (Lipinski definition) is 1. The van der Waals surface area contributed by atoms with Crippen molar-refractivity contribution in [2.45, 2.75) is 26.2 Å². The summed E-state index contributed by atoms with van der Waals surface area (Å²) in [5, 5.41) is 8.87.